The van der Waals surface area contributed by atoms with Crippen molar-refractivity contribution < 1.29 is 4.42 Å². The van der Waals surface area contributed by atoms with E-state index >= 15 is 0 Å². The van der Waals surface area contributed by atoms with Crippen molar-refractivity contribution >= 4 is 53.4 Å². The van der Waals surface area contributed by atoms with Crippen molar-refractivity contribution in [3.05, 3.63) is 188 Å². The summed E-state index contributed by atoms with van der Waals surface area (Å²) in [6.07, 6.45) is 0. The molecule has 0 aliphatic carbocycles. The zero-order valence-corrected chi connectivity index (χ0v) is 30.9. The minimum Gasteiger partial charge on any atom is -0.456 e. The maximum atomic E-state index is 6.64. The Balaban J connectivity index is 1.03. The first-order valence-electron chi connectivity index (χ1n) is 18.7. The van der Waals surface area contributed by atoms with Gasteiger partial charge in [-0.2, -0.15) is 0 Å². The maximum Gasteiger partial charge on any atom is 0.164 e. The van der Waals surface area contributed by atoms with E-state index in [0.29, 0.717) is 17.5 Å². The molecule has 3 heterocycles. The molecular weight excluding hydrogens is 703 g/mol. The minimum absolute atomic E-state index is 0.587. The average molecular weight is 734 g/mol. The second-order valence-corrected chi connectivity index (χ2v) is 15.0. The standard InChI is InChI=1S/C51H31N3OS/c1-3-13-32(14-4-1)34-17-11-18-36(29-34)50-52-49(33-15-5-2-6-16-33)53-51(54-50)37-26-28-43-45(30-37)55-44-23-12-22-42(48(43)44)39-20-8-7-19-38(39)35-25-27-41-40-21-9-10-24-46(40)56-47(41)31-35/h1-31H. The second-order valence-electron chi connectivity index (χ2n) is 14.0. The van der Waals surface area contributed by atoms with Gasteiger partial charge >= 0.3 is 0 Å². The lowest BCUT2D eigenvalue weighted by atomic mass is 9.91. The highest BCUT2D eigenvalue weighted by molar-refractivity contribution is 7.25. The third kappa shape index (κ3) is 5.56. The number of thiophene rings is 1. The molecule has 0 aliphatic rings. The van der Waals surface area contributed by atoms with E-state index in [1.165, 1.54) is 31.3 Å². The number of nitrogens with zero attached hydrogens (tertiary/aromatic N) is 3. The summed E-state index contributed by atoms with van der Waals surface area (Å²) in [6, 6.07) is 65.7. The Kier molecular flexibility index (Phi) is 7.64. The van der Waals surface area contributed by atoms with Gasteiger partial charge in [-0.3, -0.25) is 0 Å². The van der Waals surface area contributed by atoms with Crippen LogP contribution < -0.4 is 0 Å². The highest BCUT2D eigenvalue weighted by Crippen LogP contribution is 2.43. The molecule has 5 heteroatoms. The third-order valence-electron chi connectivity index (χ3n) is 10.6. The fraction of sp³-hybridized carbons (Fsp3) is 0. The van der Waals surface area contributed by atoms with Gasteiger partial charge < -0.3 is 4.42 Å². The Morgan fingerprint density at radius 3 is 1.71 bits per heavy atom. The summed E-state index contributed by atoms with van der Waals surface area (Å²) in [4.78, 5) is 15.1. The Hall–Kier alpha value is -7.21. The second kappa shape index (κ2) is 13.3. The summed E-state index contributed by atoms with van der Waals surface area (Å²) in [5.74, 6) is 1.82. The zero-order valence-electron chi connectivity index (χ0n) is 30.1. The van der Waals surface area contributed by atoms with Crippen LogP contribution in [0.5, 0.6) is 0 Å². The molecule has 262 valence electrons. The van der Waals surface area contributed by atoms with Gasteiger partial charge in [0.25, 0.3) is 0 Å². The summed E-state index contributed by atoms with van der Waals surface area (Å²) in [6.45, 7) is 0. The van der Waals surface area contributed by atoms with Crippen molar-refractivity contribution in [2.75, 3.05) is 0 Å². The molecule has 8 aromatic carbocycles. The molecule has 0 aliphatic heterocycles. The number of aromatic nitrogens is 3. The van der Waals surface area contributed by atoms with E-state index in [0.717, 1.165) is 60.9 Å². The molecule has 0 radical (unpaired) electrons. The van der Waals surface area contributed by atoms with Crippen molar-refractivity contribution in [2.24, 2.45) is 0 Å². The van der Waals surface area contributed by atoms with Crippen molar-refractivity contribution in [1.29, 1.82) is 0 Å². The van der Waals surface area contributed by atoms with Crippen LogP contribution >= 0.6 is 11.3 Å². The molecule has 0 saturated heterocycles. The van der Waals surface area contributed by atoms with Gasteiger partial charge in [0.15, 0.2) is 17.5 Å². The Morgan fingerprint density at radius 1 is 0.321 bits per heavy atom. The summed E-state index contributed by atoms with van der Waals surface area (Å²) >= 11 is 1.85. The lowest BCUT2D eigenvalue weighted by molar-refractivity contribution is 0.669. The van der Waals surface area contributed by atoms with Gasteiger partial charge in [0, 0.05) is 47.6 Å². The highest BCUT2D eigenvalue weighted by atomic mass is 32.1. The van der Waals surface area contributed by atoms with Gasteiger partial charge in [-0.1, -0.05) is 152 Å². The molecule has 3 aromatic heterocycles. The SMILES string of the molecule is c1ccc(-c2cccc(-c3nc(-c4ccccc4)nc(-c4ccc5c(c4)oc4cccc(-c6ccccc6-c6ccc7c(c6)sc6ccccc67)c45)n3)c2)cc1. The molecule has 0 saturated carbocycles. The van der Waals surface area contributed by atoms with Crippen LogP contribution in [0.2, 0.25) is 0 Å². The molecule has 0 bridgehead atoms. The maximum absolute atomic E-state index is 6.64. The molecule has 0 amide bonds. The lowest BCUT2D eigenvalue weighted by Crippen LogP contribution is -2.00. The van der Waals surface area contributed by atoms with Crippen LogP contribution in [0.1, 0.15) is 0 Å². The van der Waals surface area contributed by atoms with Crippen LogP contribution in [0, 0.1) is 0 Å². The van der Waals surface area contributed by atoms with Crippen molar-refractivity contribution in [3.63, 3.8) is 0 Å². The molecule has 11 rings (SSSR count). The molecule has 4 nitrogen and oxygen atoms in total. The van der Waals surface area contributed by atoms with Crippen LogP contribution in [0.3, 0.4) is 0 Å². The van der Waals surface area contributed by atoms with Gasteiger partial charge in [-0.15, -0.1) is 11.3 Å². The Morgan fingerprint density at radius 2 is 0.893 bits per heavy atom. The smallest absolute Gasteiger partial charge is 0.164 e. The first-order chi connectivity index (χ1) is 27.7. The summed E-state index contributed by atoms with van der Waals surface area (Å²) in [7, 11) is 0. The Labute approximate surface area is 327 Å². The van der Waals surface area contributed by atoms with Crippen molar-refractivity contribution in [1.82, 2.24) is 15.0 Å². The van der Waals surface area contributed by atoms with E-state index in [2.05, 4.69) is 152 Å². The first kappa shape index (κ1) is 32.2. The predicted octanol–water partition coefficient (Wildman–Crippen LogP) is 14.1. The van der Waals surface area contributed by atoms with Crippen LogP contribution in [-0.2, 0) is 0 Å². The number of hydrogen-bond acceptors (Lipinski definition) is 5. The van der Waals surface area contributed by atoms with E-state index < -0.39 is 0 Å². The molecular formula is C51H31N3OS. The van der Waals surface area contributed by atoms with E-state index in [1.807, 2.05) is 47.7 Å². The van der Waals surface area contributed by atoms with E-state index in [4.69, 9.17) is 19.4 Å². The van der Waals surface area contributed by atoms with Gasteiger partial charge in [0.2, 0.25) is 0 Å². The van der Waals surface area contributed by atoms with Crippen LogP contribution in [0.25, 0.3) is 110 Å². The molecule has 11 aromatic rings. The normalized spacial score (nSPS) is 11.6. The number of benzene rings is 8. The Bertz CT molecular complexity index is 3260. The zero-order chi connectivity index (χ0) is 37.0. The molecule has 0 N–H and O–H groups in total. The van der Waals surface area contributed by atoms with Crippen LogP contribution in [0.4, 0.5) is 0 Å². The predicted molar refractivity (Wildman–Crippen MR) is 233 cm³/mol. The minimum atomic E-state index is 0.587. The van der Waals surface area contributed by atoms with Crippen LogP contribution in [-0.4, -0.2) is 15.0 Å². The van der Waals surface area contributed by atoms with E-state index in [9.17, 15) is 0 Å². The monoisotopic (exact) mass is 733 g/mol. The highest BCUT2D eigenvalue weighted by Gasteiger charge is 2.19. The topological polar surface area (TPSA) is 51.8 Å². The number of furan rings is 1. The van der Waals surface area contributed by atoms with E-state index in [-0.39, 0.29) is 0 Å². The fourth-order valence-electron chi connectivity index (χ4n) is 7.87. The summed E-state index contributed by atoms with van der Waals surface area (Å²) in [5.41, 5.74) is 11.2. The van der Waals surface area contributed by atoms with Gasteiger partial charge in [0.05, 0.1) is 0 Å². The summed E-state index contributed by atoms with van der Waals surface area (Å²) < 4.78 is 9.24. The fourth-order valence-corrected chi connectivity index (χ4v) is 9.02. The average Bonchev–Trinajstić information content (AvgIpc) is 3.84. The van der Waals surface area contributed by atoms with E-state index in [1.54, 1.807) is 0 Å². The van der Waals surface area contributed by atoms with Crippen LogP contribution in [0.15, 0.2) is 192 Å². The molecule has 56 heavy (non-hydrogen) atoms. The number of fused-ring (bicyclic) bond motifs is 6. The van der Waals surface area contributed by atoms with Gasteiger partial charge in [0.1, 0.15) is 11.2 Å². The third-order valence-corrected chi connectivity index (χ3v) is 11.7. The lowest BCUT2D eigenvalue weighted by Gasteiger charge is -2.12. The van der Waals surface area contributed by atoms with Gasteiger partial charge in [-0.05, 0) is 69.8 Å². The molecule has 0 unspecified atom stereocenters. The molecule has 0 spiro atoms. The van der Waals surface area contributed by atoms with Crippen molar-refractivity contribution in [2.45, 2.75) is 0 Å². The summed E-state index contributed by atoms with van der Waals surface area (Å²) in [5, 5.41) is 4.74. The molecule has 0 fully saturated rings. The quantitative estimate of drug-likeness (QED) is 0.171. The number of hydrogen-bond donors (Lipinski definition) is 0. The molecule has 0 atom stereocenters. The van der Waals surface area contributed by atoms with Crippen molar-refractivity contribution in [3.8, 4) is 67.5 Å². The first-order valence-corrected chi connectivity index (χ1v) is 19.5. The number of rotatable bonds is 6. The van der Waals surface area contributed by atoms with Gasteiger partial charge in [-0.25, -0.2) is 15.0 Å². The largest absolute Gasteiger partial charge is 0.456 e.